The van der Waals surface area contributed by atoms with E-state index in [0.29, 0.717) is 18.8 Å². The summed E-state index contributed by atoms with van der Waals surface area (Å²) in [6.45, 7) is 0.873. The zero-order chi connectivity index (χ0) is 17.8. The number of carboxylic acids is 1. The Balaban J connectivity index is 1.69. The molecule has 1 fully saturated rings. The van der Waals surface area contributed by atoms with E-state index in [0.717, 1.165) is 11.3 Å². The molecule has 2 aromatic rings. The standard InChI is InChI=1S/C17H20N4O4/c1-25-13-4-2-11(3-5-13)6-16(22)21-9-12(7-17(23)24)14(10-21)15-8-18-20-19-15/h2-5,8,12,14H,6-7,9-10H2,1H3,(H,23,24)(H,18,19,20)/t12-,14+/m1/s1. The van der Waals surface area contributed by atoms with Crippen molar-refractivity contribution in [3.8, 4) is 5.75 Å². The Kier molecular flexibility index (Phi) is 4.97. The average molecular weight is 344 g/mol. The number of nitrogens with zero attached hydrogens (tertiary/aromatic N) is 3. The first-order valence-electron chi connectivity index (χ1n) is 8.05. The lowest BCUT2D eigenvalue weighted by atomic mass is 9.91. The first-order valence-corrected chi connectivity index (χ1v) is 8.05. The number of amides is 1. The minimum atomic E-state index is -0.872. The van der Waals surface area contributed by atoms with Crippen LogP contribution in [0.25, 0.3) is 0 Å². The molecule has 1 amide bonds. The first kappa shape index (κ1) is 16.9. The molecule has 1 aliphatic rings. The summed E-state index contributed by atoms with van der Waals surface area (Å²) < 4.78 is 5.11. The van der Waals surface area contributed by atoms with E-state index in [2.05, 4.69) is 15.4 Å². The molecule has 0 bridgehead atoms. The van der Waals surface area contributed by atoms with Crippen LogP contribution >= 0.6 is 0 Å². The molecule has 2 atom stereocenters. The lowest BCUT2D eigenvalue weighted by Crippen LogP contribution is -2.30. The number of carbonyl (C=O) groups excluding carboxylic acids is 1. The number of hydrogen-bond acceptors (Lipinski definition) is 5. The summed E-state index contributed by atoms with van der Waals surface area (Å²) in [6.07, 6.45) is 1.87. The van der Waals surface area contributed by atoms with E-state index >= 15 is 0 Å². The maximum atomic E-state index is 12.6. The monoisotopic (exact) mass is 344 g/mol. The number of nitrogens with one attached hydrogen (secondary N) is 1. The average Bonchev–Trinajstić information content (AvgIpc) is 3.24. The second-order valence-corrected chi connectivity index (χ2v) is 6.18. The van der Waals surface area contributed by atoms with Gasteiger partial charge in [-0.3, -0.25) is 9.59 Å². The second kappa shape index (κ2) is 7.33. The molecule has 25 heavy (non-hydrogen) atoms. The number of methoxy groups -OCH3 is 1. The summed E-state index contributed by atoms with van der Waals surface area (Å²) in [7, 11) is 1.59. The number of carboxylic acid groups (broad SMARTS) is 1. The topological polar surface area (TPSA) is 108 Å². The van der Waals surface area contributed by atoms with Crippen LogP contribution in [0.15, 0.2) is 30.5 Å². The van der Waals surface area contributed by atoms with Gasteiger partial charge in [0.05, 0.1) is 31.8 Å². The largest absolute Gasteiger partial charge is 0.497 e. The minimum Gasteiger partial charge on any atom is -0.497 e. The van der Waals surface area contributed by atoms with Crippen LogP contribution in [0.4, 0.5) is 0 Å². The maximum Gasteiger partial charge on any atom is 0.303 e. The fourth-order valence-electron chi connectivity index (χ4n) is 3.26. The van der Waals surface area contributed by atoms with Crippen LogP contribution in [-0.4, -0.2) is 57.5 Å². The molecule has 1 saturated heterocycles. The molecule has 8 heteroatoms. The molecule has 8 nitrogen and oxygen atoms in total. The normalized spacial score (nSPS) is 19.8. The Bertz CT molecular complexity index is 730. The summed E-state index contributed by atoms with van der Waals surface area (Å²) in [5, 5.41) is 19.6. The SMILES string of the molecule is COc1ccc(CC(=O)N2C[C@@H](CC(=O)O)[C@@H](c3cn[nH]n3)C2)cc1. The summed E-state index contributed by atoms with van der Waals surface area (Å²) in [6, 6.07) is 7.35. The van der Waals surface area contributed by atoms with Crippen LogP contribution in [-0.2, 0) is 16.0 Å². The van der Waals surface area contributed by atoms with Gasteiger partial charge in [0.15, 0.2) is 0 Å². The van der Waals surface area contributed by atoms with Crippen LogP contribution in [0.3, 0.4) is 0 Å². The molecule has 0 spiro atoms. The van der Waals surface area contributed by atoms with Gasteiger partial charge >= 0.3 is 5.97 Å². The van der Waals surface area contributed by atoms with Gasteiger partial charge in [-0.15, -0.1) is 0 Å². The summed E-state index contributed by atoms with van der Waals surface area (Å²) in [5.41, 5.74) is 1.59. The van der Waals surface area contributed by atoms with Crippen molar-refractivity contribution in [1.29, 1.82) is 0 Å². The minimum absolute atomic E-state index is 0.00381. The molecule has 0 saturated carbocycles. The molecule has 1 aromatic carbocycles. The van der Waals surface area contributed by atoms with Gasteiger partial charge in [0, 0.05) is 19.0 Å². The van der Waals surface area contributed by atoms with Gasteiger partial charge in [0.25, 0.3) is 0 Å². The van der Waals surface area contributed by atoms with Crippen LogP contribution in [0.5, 0.6) is 5.75 Å². The van der Waals surface area contributed by atoms with Crippen molar-refractivity contribution in [2.45, 2.75) is 18.8 Å². The fraction of sp³-hybridized carbons (Fsp3) is 0.412. The van der Waals surface area contributed by atoms with E-state index in [1.165, 1.54) is 0 Å². The molecule has 0 unspecified atom stereocenters. The number of aliphatic carboxylic acids is 1. The van der Waals surface area contributed by atoms with Crippen molar-refractivity contribution in [3.05, 3.63) is 41.7 Å². The van der Waals surface area contributed by atoms with Crippen molar-refractivity contribution in [2.24, 2.45) is 5.92 Å². The quantitative estimate of drug-likeness (QED) is 0.811. The van der Waals surface area contributed by atoms with Crippen molar-refractivity contribution in [1.82, 2.24) is 20.3 Å². The molecule has 132 valence electrons. The Hall–Kier alpha value is -2.90. The third kappa shape index (κ3) is 3.96. The molecule has 3 rings (SSSR count). The number of carbonyl (C=O) groups is 2. The lowest BCUT2D eigenvalue weighted by molar-refractivity contribution is -0.138. The Labute approximate surface area is 144 Å². The van der Waals surface area contributed by atoms with E-state index in [4.69, 9.17) is 9.84 Å². The Morgan fingerprint density at radius 2 is 2.08 bits per heavy atom. The number of likely N-dealkylation sites (tertiary alicyclic amines) is 1. The third-order valence-electron chi connectivity index (χ3n) is 4.56. The molecular weight excluding hydrogens is 324 g/mol. The highest BCUT2D eigenvalue weighted by Gasteiger charge is 2.38. The maximum absolute atomic E-state index is 12.6. The first-order chi connectivity index (χ1) is 12.1. The summed E-state index contributed by atoms with van der Waals surface area (Å²) in [4.78, 5) is 25.5. The lowest BCUT2D eigenvalue weighted by Gasteiger charge is -2.16. The smallest absolute Gasteiger partial charge is 0.303 e. The van der Waals surface area contributed by atoms with E-state index in [-0.39, 0.29) is 30.6 Å². The van der Waals surface area contributed by atoms with E-state index in [9.17, 15) is 9.59 Å². The Morgan fingerprint density at radius 3 is 2.68 bits per heavy atom. The number of ether oxygens (including phenoxy) is 1. The van der Waals surface area contributed by atoms with Gasteiger partial charge in [-0.1, -0.05) is 12.1 Å². The number of aromatic nitrogens is 3. The van der Waals surface area contributed by atoms with E-state index < -0.39 is 5.97 Å². The third-order valence-corrected chi connectivity index (χ3v) is 4.56. The molecule has 1 aliphatic heterocycles. The van der Waals surface area contributed by atoms with Crippen LogP contribution < -0.4 is 4.74 Å². The van der Waals surface area contributed by atoms with E-state index in [1.54, 1.807) is 18.2 Å². The van der Waals surface area contributed by atoms with Gasteiger partial charge in [-0.2, -0.15) is 15.4 Å². The van der Waals surface area contributed by atoms with Crippen LogP contribution in [0.2, 0.25) is 0 Å². The number of aromatic amines is 1. The van der Waals surface area contributed by atoms with Gasteiger partial charge in [-0.25, -0.2) is 0 Å². The highest BCUT2D eigenvalue weighted by molar-refractivity contribution is 5.79. The molecule has 2 N–H and O–H groups in total. The van der Waals surface area contributed by atoms with Gasteiger partial charge in [0.1, 0.15) is 5.75 Å². The molecular formula is C17H20N4O4. The predicted octanol–water partition coefficient (Wildman–Crippen LogP) is 1.07. The molecule has 0 aliphatic carbocycles. The van der Waals surface area contributed by atoms with Gasteiger partial charge in [-0.05, 0) is 23.6 Å². The predicted molar refractivity (Wildman–Crippen MR) is 88.1 cm³/mol. The van der Waals surface area contributed by atoms with Crippen molar-refractivity contribution in [2.75, 3.05) is 20.2 Å². The highest BCUT2D eigenvalue weighted by atomic mass is 16.5. The summed E-state index contributed by atoms with van der Waals surface area (Å²) >= 11 is 0. The van der Waals surface area contributed by atoms with Gasteiger partial charge < -0.3 is 14.7 Å². The second-order valence-electron chi connectivity index (χ2n) is 6.18. The van der Waals surface area contributed by atoms with Crippen molar-refractivity contribution >= 4 is 11.9 Å². The number of rotatable bonds is 6. The fourth-order valence-corrected chi connectivity index (χ4v) is 3.26. The number of benzene rings is 1. The highest BCUT2D eigenvalue weighted by Crippen LogP contribution is 2.33. The molecule has 1 aromatic heterocycles. The van der Waals surface area contributed by atoms with E-state index in [1.807, 2.05) is 24.3 Å². The summed E-state index contributed by atoms with van der Waals surface area (Å²) in [5.74, 6) is -0.434. The van der Waals surface area contributed by atoms with Gasteiger partial charge in [0.2, 0.25) is 5.91 Å². The molecule has 2 heterocycles. The number of hydrogen-bond donors (Lipinski definition) is 2. The number of H-pyrrole nitrogens is 1. The van der Waals surface area contributed by atoms with Crippen LogP contribution in [0, 0.1) is 5.92 Å². The zero-order valence-electron chi connectivity index (χ0n) is 13.9. The zero-order valence-corrected chi connectivity index (χ0v) is 13.9. The Morgan fingerprint density at radius 1 is 1.32 bits per heavy atom. The molecule has 0 radical (unpaired) electrons. The van der Waals surface area contributed by atoms with Crippen molar-refractivity contribution in [3.63, 3.8) is 0 Å². The van der Waals surface area contributed by atoms with Crippen LogP contribution in [0.1, 0.15) is 23.6 Å². The van der Waals surface area contributed by atoms with Crippen molar-refractivity contribution < 1.29 is 19.4 Å².